The van der Waals surface area contributed by atoms with Gasteiger partial charge in [-0.1, -0.05) is 6.07 Å². The van der Waals surface area contributed by atoms with Gasteiger partial charge in [-0.15, -0.1) is 11.6 Å². The standard InChI is InChI=1S/C28H30N4O3.C15H18N2O3.C13H13ClN2.I2.5HI.2V/c1-2-34-28(33)27-17-22-16-23(7-9-26(22)35-27)32-13-11-31(12-14-32)10-4-3-5-21-19-30-25-8-6-20(18-29)15-24(21)25;1-2-19-15(18)14-10-11-9-12(3-4-13(11)20-14)17-7-5-16-6-8-17;1-15-11-5-6-13-12(8-11)10(9-16-13)4-2-3-7-14;1-2;;;;;;;/h6-9,15-17,19,30H,2-5,10-14H2,1H3;3-4,9-10,16H,2,5-8H2,1H3;5-6,8-9,16H,2-4,7H2;;5*1H;;/q;;;;;;;;;+2;+3/p-5. The van der Waals surface area contributed by atoms with Crippen LogP contribution in [0.2, 0.25) is 0 Å². The Labute approximate surface area is 563 Å². The van der Waals surface area contributed by atoms with Crippen LogP contribution in [0.3, 0.4) is 0 Å². The van der Waals surface area contributed by atoms with Crippen LogP contribution in [0.15, 0.2) is 106 Å². The molecule has 8 aromatic rings. The van der Waals surface area contributed by atoms with Gasteiger partial charge in [0.1, 0.15) is 11.2 Å². The van der Waals surface area contributed by atoms with Gasteiger partial charge in [0.2, 0.25) is 11.5 Å². The molecule has 24 heteroatoms. The number of carbonyl (C=O) groups is 2. The van der Waals surface area contributed by atoms with E-state index in [-0.39, 0.29) is 16.4 Å². The third-order valence-corrected chi connectivity index (χ3v) is 13.2. The number of furan rings is 2. The number of esters is 2. The van der Waals surface area contributed by atoms with Crippen LogP contribution >= 0.6 is 149 Å². The van der Waals surface area contributed by atoms with Crippen molar-refractivity contribution in [1.29, 1.82) is 5.26 Å². The number of anilines is 2. The minimum absolute atomic E-state index is 0.252. The van der Waals surface area contributed by atoms with E-state index in [1.807, 2.05) is 60.8 Å². The van der Waals surface area contributed by atoms with E-state index in [4.69, 9.17) is 36.5 Å². The molecule has 2 fully saturated rings. The van der Waals surface area contributed by atoms with Gasteiger partial charge in [0.25, 0.3) is 0 Å². The molecule has 0 amide bonds. The fourth-order valence-electron chi connectivity index (χ4n) is 9.17. The van der Waals surface area contributed by atoms with E-state index in [1.54, 1.807) is 26.0 Å². The van der Waals surface area contributed by atoms with Crippen LogP contribution in [0.5, 0.6) is 0 Å². The zero-order valence-corrected chi connectivity index (χ0v) is 62.7. The summed E-state index contributed by atoms with van der Waals surface area (Å²) in [6.45, 7) is 20.4. The summed E-state index contributed by atoms with van der Waals surface area (Å²) < 4.78 is 21.2. The van der Waals surface area contributed by atoms with Gasteiger partial charge in [0, 0.05) is 146 Å². The van der Waals surface area contributed by atoms with Gasteiger partial charge >= 0.3 is 126 Å². The fraction of sp³-hybridized carbons (Fsp3) is 0.357. The summed E-state index contributed by atoms with van der Waals surface area (Å²) in [5.74, 6) is 0.402. The number of piperazine rings is 2. The number of halogens is 8. The Kier molecular flexibility index (Phi) is 34.0. The summed E-state index contributed by atoms with van der Waals surface area (Å²) in [5, 5.41) is 16.7. The van der Waals surface area contributed by atoms with Crippen LogP contribution < -0.4 is 15.1 Å². The Morgan fingerprint density at radius 2 is 1.20 bits per heavy atom. The van der Waals surface area contributed by atoms with Crippen molar-refractivity contribution < 1.29 is 42.3 Å². The van der Waals surface area contributed by atoms with Crippen molar-refractivity contribution in [3.05, 3.63) is 137 Å². The second kappa shape index (κ2) is 39.0. The minimum atomic E-state index is -0.421. The Morgan fingerprint density at radius 3 is 1.69 bits per heavy atom. The molecule has 0 radical (unpaired) electrons. The van der Waals surface area contributed by atoms with Gasteiger partial charge in [0.05, 0.1) is 31.4 Å². The summed E-state index contributed by atoms with van der Waals surface area (Å²) in [6.07, 6.45) is 10.6. The summed E-state index contributed by atoms with van der Waals surface area (Å²) in [5.41, 5.74) is 9.93. The van der Waals surface area contributed by atoms with Crippen molar-refractivity contribution >= 4 is 221 Å². The van der Waals surface area contributed by atoms with Gasteiger partial charge < -0.3 is 43.4 Å². The number of unbranched alkanes of at least 4 members (excludes halogenated alkanes) is 2. The number of benzene rings is 4. The number of rotatable bonds is 15. The summed E-state index contributed by atoms with van der Waals surface area (Å²) in [7, 11) is 0.628. The van der Waals surface area contributed by atoms with Crippen molar-refractivity contribution in [3.8, 4) is 6.07 Å². The zero-order valence-electron chi connectivity index (χ0n) is 44.1. The predicted octanol–water partition coefficient (Wildman–Crippen LogP) is 17.6. The maximum absolute atomic E-state index is 12.0. The van der Waals surface area contributed by atoms with Crippen LogP contribution in [0.1, 0.15) is 77.3 Å². The molecular formula is C56H61ClI7N8O6V2. The number of ether oxygens (including phenoxy) is 2. The summed E-state index contributed by atoms with van der Waals surface area (Å²) in [6, 6.07) is 29.4. The molecule has 0 unspecified atom stereocenters. The molecule has 6 heterocycles. The normalized spacial score (nSPS) is 13.0. The van der Waals surface area contributed by atoms with E-state index >= 15 is 0 Å². The van der Waals surface area contributed by atoms with Gasteiger partial charge in [-0.2, -0.15) is 5.26 Å². The topological polar surface area (TPSA) is 160 Å². The van der Waals surface area contributed by atoms with Gasteiger partial charge in [-0.05, 0) is 154 Å². The van der Waals surface area contributed by atoms with Crippen molar-refractivity contribution in [3.63, 3.8) is 0 Å². The Balaban J connectivity index is 0.000000221. The number of carbonyl (C=O) groups excluding carboxylic acids is 2. The molecule has 0 atom stereocenters. The number of aromatic amines is 2. The number of aromatic nitrogens is 2. The number of H-pyrrole nitrogens is 2. The maximum atomic E-state index is 12.0. The molecule has 2 saturated heterocycles. The van der Waals surface area contributed by atoms with Crippen molar-refractivity contribution in [2.24, 2.45) is 0 Å². The molecule has 2 aliphatic heterocycles. The molecule has 14 nitrogen and oxygen atoms in total. The average Bonchev–Trinajstić information content (AvgIpc) is 4.31. The second-order valence-electron chi connectivity index (χ2n) is 17.9. The molecular weight excluding hydrogens is 1910 g/mol. The van der Waals surface area contributed by atoms with Gasteiger partial charge in [0.15, 0.2) is 5.69 Å². The number of nitrogens with one attached hydrogen (secondary N) is 3. The Morgan fingerprint density at radius 1 is 0.713 bits per heavy atom. The van der Waals surface area contributed by atoms with Crippen LogP contribution in [-0.2, 0) is 36.7 Å². The summed E-state index contributed by atoms with van der Waals surface area (Å²) >= 11 is 22.0. The third-order valence-electron chi connectivity index (χ3n) is 12.9. The molecule has 3 N–H and O–H groups in total. The number of alkyl halides is 1. The van der Waals surface area contributed by atoms with Crippen molar-refractivity contribution in [2.75, 3.05) is 87.8 Å². The van der Waals surface area contributed by atoms with E-state index in [0.717, 1.165) is 136 Å². The summed E-state index contributed by atoms with van der Waals surface area (Å²) in [4.78, 5) is 40.6. The molecule has 80 heavy (non-hydrogen) atoms. The monoisotopic (exact) mass is 1970 g/mol. The van der Waals surface area contributed by atoms with Gasteiger partial charge in [-0.3, -0.25) is 4.90 Å². The van der Waals surface area contributed by atoms with E-state index in [2.05, 4.69) is 202 Å². The third kappa shape index (κ3) is 22.4. The van der Waals surface area contributed by atoms with E-state index in [9.17, 15) is 14.9 Å². The number of hydrogen-bond donors (Lipinski definition) is 3. The molecule has 10 rings (SSSR count). The number of hydrogen-bond acceptors (Lipinski definition) is 11. The number of nitriles is 1. The molecule has 427 valence electrons. The van der Waals surface area contributed by atoms with Crippen LogP contribution in [0.25, 0.3) is 48.6 Å². The number of aryl methyl sites for hydroxylation is 2. The van der Waals surface area contributed by atoms with Crippen LogP contribution in [0, 0.1) is 17.9 Å². The van der Waals surface area contributed by atoms with E-state index < -0.39 is 11.9 Å². The average molecular weight is 1970 g/mol. The molecule has 0 spiro atoms. The van der Waals surface area contributed by atoms with E-state index in [0.29, 0.717) is 45.1 Å². The first kappa shape index (κ1) is 69.8. The Bertz CT molecular complexity index is 3260. The number of fused-ring (bicyclic) bond motifs is 4. The predicted molar refractivity (Wildman–Crippen MR) is 380 cm³/mol. The first-order valence-corrected chi connectivity index (χ1v) is 55.0. The SMILES string of the molecule is CCOC(=O)c1cc2cc(N3CCN(CCCCc4c[nH]c5ccc(C#N)cc45)CC3)ccc2o1.CCOC(=O)c1cc2cc(N3CCNCC3)ccc2o1.II.[C-]#[N+]c1ccc2[nH]cc(CCCCCl)c2c1.[I][V]([I])[I].[I][V][I]. The van der Waals surface area contributed by atoms with Crippen LogP contribution in [0.4, 0.5) is 17.1 Å². The number of nitrogens with zero attached hydrogens (tertiary/aromatic N) is 5. The van der Waals surface area contributed by atoms with Crippen molar-refractivity contribution in [1.82, 2.24) is 20.2 Å². The van der Waals surface area contributed by atoms with Crippen LogP contribution in [-0.4, -0.2) is 105 Å². The van der Waals surface area contributed by atoms with E-state index in [1.165, 1.54) is 21.9 Å². The second-order valence-corrected chi connectivity index (χ2v) is 65.4. The molecule has 0 aliphatic carbocycles. The molecule has 0 bridgehead atoms. The molecule has 4 aromatic carbocycles. The molecule has 4 aromatic heterocycles. The van der Waals surface area contributed by atoms with Gasteiger partial charge in [-0.25, -0.2) is 14.4 Å². The Hall–Kier alpha value is -0.951. The zero-order chi connectivity index (χ0) is 57.8. The van der Waals surface area contributed by atoms with Crippen molar-refractivity contribution in [2.45, 2.75) is 52.4 Å². The quantitative estimate of drug-likeness (QED) is 0.0295. The fourth-order valence-corrected chi connectivity index (χ4v) is 9.36. The molecule has 2 aliphatic rings. The molecule has 0 saturated carbocycles. The first-order chi connectivity index (χ1) is 38.9. The first-order valence-electron chi connectivity index (χ1n) is 25.6.